The molecule has 0 N–H and O–H groups in total. The summed E-state index contributed by atoms with van der Waals surface area (Å²) in [6.07, 6.45) is 2.97. The van der Waals surface area contributed by atoms with E-state index in [1.807, 2.05) is 54.4 Å². The van der Waals surface area contributed by atoms with Crippen molar-refractivity contribution in [2.24, 2.45) is 0 Å². The Labute approximate surface area is 185 Å². The summed E-state index contributed by atoms with van der Waals surface area (Å²) in [6, 6.07) is 12.0. The van der Waals surface area contributed by atoms with Crippen LogP contribution in [0.5, 0.6) is 11.5 Å². The minimum absolute atomic E-state index is 0.344. The van der Waals surface area contributed by atoms with Crippen molar-refractivity contribution in [3.63, 3.8) is 0 Å². The first-order valence-electron chi connectivity index (χ1n) is 9.70. The van der Waals surface area contributed by atoms with Crippen LogP contribution in [0, 0.1) is 4.84 Å². The first-order valence-corrected chi connectivity index (χ1v) is 11.3. The average molecular weight is 445 g/mol. The summed E-state index contributed by atoms with van der Waals surface area (Å²) < 4.78 is 18.2. The number of nitrogens with zero attached hydrogens (tertiary/aromatic N) is 4. The largest absolute Gasteiger partial charge is 0.493 e. The summed E-state index contributed by atoms with van der Waals surface area (Å²) in [5.74, 6) is 4.00. The van der Waals surface area contributed by atoms with E-state index in [-0.39, 0.29) is 0 Å². The average Bonchev–Trinajstić information content (AvgIpc) is 3.44. The minimum Gasteiger partial charge on any atom is -0.493 e. The number of methoxy groups -OCH3 is 2. The molecule has 1 atom stereocenters. The lowest BCUT2D eigenvalue weighted by Crippen LogP contribution is -2.37. The summed E-state index contributed by atoms with van der Waals surface area (Å²) in [4.78, 5) is 7.21. The van der Waals surface area contributed by atoms with Gasteiger partial charge >= 0.3 is 0 Å². The van der Waals surface area contributed by atoms with Crippen LogP contribution in [0.3, 0.4) is 0 Å². The van der Waals surface area contributed by atoms with Crippen molar-refractivity contribution in [1.82, 2.24) is 19.7 Å². The molecule has 1 aromatic carbocycles. The van der Waals surface area contributed by atoms with Gasteiger partial charge in [0, 0.05) is 30.1 Å². The number of pyridine rings is 1. The zero-order valence-corrected chi connectivity index (χ0v) is 18.6. The van der Waals surface area contributed by atoms with E-state index in [1.54, 1.807) is 18.9 Å². The third-order valence-corrected chi connectivity index (χ3v) is 6.50. The molecule has 7 nitrogen and oxygen atoms in total. The molecule has 4 rings (SSSR count). The molecule has 158 valence electrons. The van der Waals surface area contributed by atoms with Crippen LogP contribution in [0.1, 0.15) is 12.1 Å². The van der Waals surface area contributed by atoms with Gasteiger partial charge in [0.25, 0.3) is 4.84 Å². The fourth-order valence-corrected chi connectivity index (χ4v) is 4.89. The van der Waals surface area contributed by atoms with Crippen LogP contribution in [0.25, 0.3) is 11.5 Å². The molecule has 1 aliphatic heterocycles. The molecule has 9 heteroatoms. The number of thioether (sulfide) groups is 1. The lowest BCUT2D eigenvalue weighted by molar-refractivity contribution is 0.143. The van der Waals surface area contributed by atoms with Gasteiger partial charge in [0.1, 0.15) is 0 Å². The van der Waals surface area contributed by atoms with Crippen LogP contribution in [-0.2, 0) is 13.2 Å². The van der Waals surface area contributed by atoms with Gasteiger partial charge in [0.2, 0.25) is 5.89 Å². The first-order chi connectivity index (χ1) is 14.7. The van der Waals surface area contributed by atoms with E-state index < -0.39 is 0 Å². The van der Waals surface area contributed by atoms with Gasteiger partial charge in [0.15, 0.2) is 11.5 Å². The maximum atomic E-state index is 5.81. The van der Waals surface area contributed by atoms with Crippen LogP contribution >= 0.6 is 24.0 Å². The highest BCUT2D eigenvalue weighted by Crippen LogP contribution is 2.32. The van der Waals surface area contributed by atoms with E-state index in [1.165, 1.54) is 5.75 Å². The monoisotopic (exact) mass is 444 g/mol. The molecule has 0 saturated carbocycles. The Hall–Kier alpha value is -2.36. The maximum Gasteiger partial charge on any atom is 0.288 e. The highest BCUT2D eigenvalue weighted by Gasteiger charge is 2.25. The van der Waals surface area contributed by atoms with Gasteiger partial charge < -0.3 is 13.9 Å². The van der Waals surface area contributed by atoms with Gasteiger partial charge in [-0.2, -0.15) is 11.8 Å². The number of hydrogen-bond donors (Lipinski definition) is 0. The number of ether oxygens (including phenoxy) is 2. The summed E-state index contributed by atoms with van der Waals surface area (Å²) in [7, 11) is 3.21. The van der Waals surface area contributed by atoms with E-state index >= 15 is 0 Å². The normalized spacial score (nSPS) is 16.2. The maximum absolute atomic E-state index is 5.81. The van der Waals surface area contributed by atoms with Crippen molar-refractivity contribution in [3.8, 4) is 23.0 Å². The van der Waals surface area contributed by atoms with Gasteiger partial charge in [-0.15, -0.1) is 5.10 Å². The molecule has 0 amide bonds. The van der Waals surface area contributed by atoms with Gasteiger partial charge in [-0.3, -0.25) is 9.88 Å². The fourth-order valence-electron chi connectivity index (χ4n) is 3.46. The lowest BCUT2D eigenvalue weighted by Gasteiger charge is -2.27. The number of benzene rings is 1. The van der Waals surface area contributed by atoms with E-state index in [9.17, 15) is 0 Å². The number of hydrogen-bond acceptors (Lipinski definition) is 8. The molecule has 0 spiro atoms. The third kappa shape index (κ3) is 4.69. The molecule has 2 aromatic heterocycles. The van der Waals surface area contributed by atoms with Crippen molar-refractivity contribution in [1.29, 1.82) is 0 Å². The van der Waals surface area contributed by atoms with Gasteiger partial charge in [-0.25, -0.2) is 4.68 Å². The van der Waals surface area contributed by atoms with E-state index in [0.29, 0.717) is 34.9 Å². The SMILES string of the molecule is COc1ccc(-c2nn(CN(Cc3ccccn3)C3CCSC3)c(=S)o2)cc1OC. The molecule has 1 aliphatic rings. The Morgan fingerprint density at radius 2 is 2.10 bits per heavy atom. The molecule has 0 radical (unpaired) electrons. The zero-order chi connectivity index (χ0) is 20.9. The lowest BCUT2D eigenvalue weighted by atomic mass is 10.2. The second kappa shape index (κ2) is 9.63. The predicted octanol–water partition coefficient (Wildman–Crippen LogP) is 4.25. The Kier molecular flexibility index (Phi) is 6.71. The fraction of sp³-hybridized carbons (Fsp3) is 0.381. The summed E-state index contributed by atoms with van der Waals surface area (Å²) in [5.41, 5.74) is 1.81. The van der Waals surface area contributed by atoms with Gasteiger partial charge in [0.05, 0.1) is 26.6 Å². The number of aromatic nitrogens is 3. The van der Waals surface area contributed by atoms with Crippen LogP contribution in [0.2, 0.25) is 0 Å². The molecule has 1 saturated heterocycles. The van der Waals surface area contributed by atoms with Crippen LogP contribution in [-0.4, -0.2) is 51.4 Å². The number of rotatable bonds is 8. The van der Waals surface area contributed by atoms with Crippen molar-refractivity contribution >= 4 is 24.0 Å². The molecule has 1 fully saturated rings. The summed E-state index contributed by atoms with van der Waals surface area (Å²) in [5, 5.41) is 4.64. The standard InChI is InChI=1S/C21H24N4O3S2/c1-26-18-7-6-15(11-19(18)27-2)20-23-25(21(29)28-20)14-24(17-8-10-30-13-17)12-16-5-3-4-9-22-16/h3-7,9,11,17H,8,10,12-14H2,1-2H3. The molecular formula is C21H24N4O3S2. The highest BCUT2D eigenvalue weighted by molar-refractivity contribution is 7.99. The van der Waals surface area contributed by atoms with Gasteiger partial charge in [-0.05, 0) is 54.7 Å². The highest BCUT2D eigenvalue weighted by atomic mass is 32.2. The first kappa shape index (κ1) is 20.9. The second-order valence-corrected chi connectivity index (χ2v) is 8.47. The van der Waals surface area contributed by atoms with Crippen LogP contribution in [0.15, 0.2) is 47.0 Å². The Balaban J connectivity index is 1.58. The molecule has 0 aliphatic carbocycles. The topological polar surface area (TPSA) is 65.5 Å². The van der Waals surface area contributed by atoms with Gasteiger partial charge in [-0.1, -0.05) is 6.07 Å². The smallest absolute Gasteiger partial charge is 0.288 e. The van der Waals surface area contributed by atoms with E-state index in [4.69, 9.17) is 26.1 Å². The molecule has 1 unspecified atom stereocenters. The van der Waals surface area contributed by atoms with Crippen LogP contribution in [0.4, 0.5) is 0 Å². The Morgan fingerprint density at radius 3 is 2.80 bits per heavy atom. The molecule has 3 aromatic rings. The predicted molar refractivity (Wildman–Crippen MR) is 119 cm³/mol. The summed E-state index contributed by atoms with van der Waals surface area (Å²) in [6.45, 7) is 1.30. The van der Waals surface area contributed by atoms with E-state index in [2.05, 4.69) is 15.0 Å². The van der Waals surface area contributed by atoms with Crippen molar-refractivity contribution < 1.29 is 13.9 Å². The van der Waals surface area contributed by atoms with Crippen molar-refractivity contribution in [2.75, 3.05) is 25.7 Å². The third-order valence-electron chi connectivity index (χ3n) is 5.07. The van der Waals surface area contributed by atoms with Crippen molar-refractivity contribution in [2.45, 2.75) is 25.7 Å². The second-order valence-electron chi connectivity index (χ2n) is 6.97. The Bertz CT molecular complexity index is 1030. The molecule has 3 heterocycles. The van der Waals surface area contributed by atoms with E-state index in [0.717, 1.165) is 30.0 Å². The molecule has 0 bridgehead atoms. The zero-order valence-electron chi connectivity index (χ0n) is 17.0. The van der Waals surface area contributed by atoms with Crippen molar-refractivity contribution in [3.05, 3.63) is 53.1 Å². The minimum atomic E-state index is 0.344. The molecular weight excluding hydrogens is 420 g/mol. The molecule has 30 heavy (non-hydrogen) atoms. The summed E-state index contributed by atoms with van der Waals surface area (Å²) >= 11 is 7.45. The van der Waals surface area contributed by atoms with Crippen LogP contribution < -0.4 is 9.47 Å². The Morgan fingerprint density at radius 1 is 1.23 bits per heavy atom. The quantitative estimate of drug-likeness (QED) is 0.478.